The van der Waals surface area contributed by atoms with Crippen LogP contribution in [0.2, 0.25) is 13.1 Å². The molecule has 2 heterocycles. The van der Waals surface area contributed by atoms with E-state index in [1.54, 1.807) is 11.3 Å². The van der Waals surface area contributed by atoms with E-state index in [1.165, 1.54) is 26.7 Å². The van der Waals surface area contributed by atoms with E-state index in [4.69, 9.17) is 0 Å². The first kappa shape index (κ1) is 12.9. The van der Waals surface area contributed by atoms with Crippen molar-refractivity contribution in [3.8, 4) is 0 Å². The SMILES string of the molecule is C[Si]1(C)c2ccccc2N(c2cccs2)c2ccccc21. The van der Waals surface area contributed by atoms with E-state index in [0.29, 0.717) is 0 Å². The number of para-hydroxylation sites is 2. The van der Waals surface area contributed by atoms with E-state index in [-0.39, 0.29) is 0 Å². The van der Waals surface area contributed by atoms with Gasteiger partial charge in [-0.1, -0.05) is 49.5 Å². The summed E-state index contributed by atoms with van der Waals surface area (Å²) < 4.78 is 0. The summed E-state index contributed by atoms with van der Waals surface area (Å²) in [7, 11) is -1.62. The molecule has 0 radical (unpaired) electrons. The number of nitrogens with zero attached hydrogens (tertiary/aromatic N) is 1. The Morgan fingerprint density at radius 2 is 1.33 bits per heavy atom. The van der Waals surface area contributed by atoms with Gasteiger partial charge in [0.15, 0.2) is 0 Å². The molecule has 0 amide bonds. The Bertz CT molecular complexity index is 743. The fourth-order valence-corrected chi connectivity index (χ4v) is 7.05. The third-order valence-corrected chi connectivity index (χ3v) is 8.76. The van der Waals surface area contributed by atoms with Crippen LogP contribution in [-0.4, -0.2) is 8.07 Å². The molecule has 0 spiro atoms. The molecule has 0 atom stereocenters. The van der Waals surface area contributed by atoms with Crippen molar-refractivity contribution in [2.75, 3.05) is 4.90 Å². The lowest BCUT2D eigenvalue weighted by Gasteiger charge is -2.40. The van der Waals surface area contributed by atoms with Crippen molar-refractivity contribution in [3.63, 3.8) is 0 Å². The number of rotatable bonds is 1. The van der Waals surface area contributed by atoms with E-state index < -0.39 is 8.07 Å². The van der Waals surface area contributed by atoms with Gasteiger partial charge in [-0.05, 0) is 40.0 Å². The highest BCUT2D eigenvalue weighted by Gasteiger charge is 2.38. The average Bonchev–Trinajstić information content (AvgIpc) is 3.02. The van der Waals surface area contributed by atoms with Gasteiger partial charge >= 0.3 is 0 Å². The number of fused-ring (bicyclic) bond motifs is 2. The van der Waals surface area contributed by atoms with Crippen molar-refractivity contribution >= 4 is 46.2 Å². The fraction of sp³-hybridized carbons (Fsp3) is 0.111. The summed E-state index contributed by atoms with van der Waals surface area (Å²) in [6, 6.07) is 22.1. The highest BCUT2D eigenvalue weighted by atomic mass is 32.1. The largest absolute Gasteiger partial charge is 0.302 e. The number of anilines is 3. The molecule has 0 saturated heterocycles. The Balaban J connectivity index is 2.06. The van der Waals surface area contributed by atoms with Gasteiger partial charge in [0, 0.05) is 11.4 Å². The Morgan fingerprint density at radius 3 is 1.86 bits per heavy atom. The van der Waals surface area contributed by atoms with Crippen LogP contribution in [0.15, 0.2) is 66.0 Å². The highest BCUT2D eigenvalue weighted by Crippen LogP contribution is 2.39. The second kappa shape index (κ2) is 4.58. The minimum Gasteiger partial charge on any atom is -0.302 e. The Morgan fingerprint density at radius 1 is 0.762 bits per heavy atom. The van der Waals surface area contributed by atoms with Gasteiger partial charge in [0.2, 0.25) is 0 Å². The van der Waals surface area contributed by atoms with Crippen LogP contribution >= 0.6 is 11.3 Å². The van der Waals surface area contributed by atoms with Crippen LogP contribution in [0.25, 0.3) is 0 Å². The number of hydrogen-bond donors (Lipinski definition) is 0. The normalized spacial score (nSPS) is 15.4. The van der Waals surface area contributed by atoms with Gasteiger partial charge in [0.25, 0.3) is 0 Å². The first-order valence-corrected chi connectivity index (χ1v) is 11.1. The summed E-state index contributed by atoms with van der Waals surface area (Å²) in [4.78, 5) is 2.42. The molecule has 0 N–H and O–H groups in total. The fourth-order valence-electron chi connectivity index (χ4n) is 3.30. The molecule has 2 aromatic carbocycles. The summed E-state index contributed by atoms with van der Waals surface area (Å²) >= 11 is 1.80. The molecule has 0 bridgehead atoms. The topological polar surface area (TPSA) is 3.24 Å². The first-order valence-electron chi connectivity index (χ1n) is 7.22. The first-order chi connectivity index (χ1) is 10.2. The zero-order chi connectivity index (χ0) is 14.4. The van der Waals surface area contributed by atoms with Gasteiger partial charge in [0.1, 0.15) is 8.07 Å². The van der Waals surface area contributed by atoms with E-state index >= 15 is 0 Å². The standard InChI is InChI=1S/C18H17NSSi/c1-21(2)16-10-5-3-8-14(16)19(18-12-7-13-20-18)15-9-4-6-11-17(15)21/h3-13H,1-2H3. The van der Waals surface area contributed by atoms with Crippen molar-refractivity contribution < 1.29 is 0 Å². The van der Waals surface area contributed by atoms with Crippen LogP contribution in [0.1, 0.15) is 0 Å². The summed E-state index contributed by atoms with van der Waals surface area (Å²) in [5.41, 5.74) is 2.71. The van der Waals surface area contributed by atoms with Gasteiger partial charge < -0.3 is 4.90 Å². The lowest BCUT2D eigenvalue weighted by Crippen LogP contribution is -2.58. The van der Waals surface area contributed by atoms with Crippen molar-refractivity contribution in [3.05, 3.63) is 66.0 Å². The number of benzene rings is 2. The average molecular weight is 307 g/mol. The minimum absolute atomic E-state index is 1.29. The molecule has 21 heavy (non-hydrogen) atoms. The summed E-state index contributed by atoms with van der Waals surface area (Å²) in [6.45, 7) is 4.91. The molecule has 0 unspecified atom stereocenters. The quantitative estimate of drug-likeness (QED) is 0.604. The van der Waals surface area contributed by atoms with Gasteiger partial charge in [-0.25, -0.2) is 0 Å². The van der Waals surface area contributed by atoms with Crippen LogP contribution < -0.4 is 15.3 Å². The van der Waals surface area contributed by atoms with Gasteiger partial charge in [-0.3, -0.25) is 0 Å². The van der Waals surface area contributed by atoms with Gasteiger partial charge in [0.05, 0.1) is 5.00 Å². The molecular weight excluding hydrogens is 290 g/mol. The van der Waals surface area contributed by atoms with Crippen LogP contribution in [0.5, 0.6) is 0 Å². The molecule has 0 saturated carbocycles. The zero-order valence-electron chi connectivity index (χ0n) is 12.2. The number of thiophene rings is 1. The van der Waals surface area contributed by atoms with Crippen molar-refractivity contribution in [1.29, 1.82) is 0 Å². The van der Waals surface area contributed by atoms with Crippen LogP contribution in [0.4, 0.5) is 16.4 Å². The molecule has 1 nitrogen and oxygen atoms in total. The van der Waals surface area contributed by atoms with Crippen molar-refractivity contribution in [2.24, 2.45) is 0 Å². The van der Waals surface area contributed by atoms with Gasteiger partial charge in [-0.15, -0.1) is 11.3 Å². The molecule has 1 aliphatic rings. The lowest BCUT2D eigenvalue weighted by molar-refractivity contribution is 1.32. The summed E-state index contributed by atoms with van der Waals surface area (Å²) in [6.07, 6.45) is 0. The van der Waals surface area contributed by atoms with E-state index in [2.05, 4.69) is 84.0 Å². The highest BCUT2D eigenvalue weighted by molar-refractivity contribution is 7.14. The van der Waals surface area contributed by atoms with E-state index in [1.807, 2.05) is 0 Å². The molecule has 0 fully saturated rings. The Labute approximate surface area is 130 Å². The molecular formula is C18H17NSSi. The molecule has 1 aliphatic heterocycles. The van der Waals surface area contributed by atoms with E-state index in [9.17, 15) is 0 Å². The number of hydrogen-bond acceptors (Lipinski definition) is 2. The maximum atomic E-state index is 2.45. The maximum absolute atomic E-state index is 2.45. The van der Waals surface area contributed by atoms with Crippen LogP contribution in [0, 0.1) is 0 Å². The second-order valence-electron chi connectivity index (χ2n) is 5.95. The molecule has 1 aromatic heterocycles. The van der Waals surface area contributed by atoms with Crippen LogP contribution in [-0.2, 0) is 0 Å². The second-order valence-corrected chi connectivity index (χ2v) is 11.2. The lowest BCUT2D eigenvalue weighted by atomic mass is 10.2. The van der Waals surface area contributed by atoms with Crippen molar-refractivity contribution in [1.82, 2.24) is 0 Å². The molecule has 3 heteroatoms. The maximum Gasteiger partial charge on any atom is 0.117 e. The van der Waals surface area contributed by atoms with Gasteiger partial charge in [-0.2, -0.15) is 0 Å². The molecule has 3 aromatic rings. The zero-order valence-corrected chi connectivity index (χ0v) is 14.0. The Hall–Kier alpha value is -1.84. The predicted octanol–water partition coefficient (Wildman–Crippen LogP) is 4.35. The van der Waals surface area contributed by atoms with E-state index in [0.717, 1.165) is 0 Å². The molecule has 4 rings (SSSR count). The third-order valence-electron chi connectivity index (χ3n) is 4.36. The van der Waals surface area contributed by atoms with Crippen LogP contribution in [0.3, 0.4) is 0 Å². The monoisotopic (exact) mass is 307 g/mol. The van der Waals surface area contributed by atoms with Crippen molar-refractivity contribution in [2.45, 2.75) is 13.1 Å². The summed E-state index contributed by atoms with van der Waals surface area (Å²) in [5, 5.41) is 6.49. The molecule has 104 valence electrons. The third kappa shape index (κ3) is 1.81. The summed E-state index contributed by atoms with van der Waals surface area (Å²) in [5.74, 6) is 0. The minimum atomic E-state index is -1.62. The predicted molar refractivity (Wildman–Crippen MR) is 95.8 cm³/mol. The molecule has 0 aliphatic carbocycles. The smallest absolute Gasteiger partial charge is 0.117 e. The Kier molecular flexibility index (Phi) is 2.81.